The Kier molecular flexibility index (Phi) is 18.5. The monoisotopic (exact) mass is 966 g/mol. The maximum Gasteiger partial charge on any atom is 0.435 e. The minimum absolute atomic E-state index is 0.0107. The van der Waals surface area contributed by atoms with Gasteiger partial charge in [-0.05, 0) is 116 Å². The molecule has 0 aliphatic heterocycles. The molecule has 2 aliphatic rings. The third-order valence-corrected chi connectivity index (χ3v) is 8.86. The van der Waals surface area contributed by atoms with Crippen LogP contribution in [0, 0.1) is 11.8 Å². The molecule has 0 bridgehead atoms. The van der Waals surface area contributed by atoms with Crippen LogP contribution in [0.25, 0.3) is 0 Å². The minimum Gasteiger partial charge on any atom is -0.460 e. The molecule has 14 nitrogen and oxygen atoms in total. The highest BCUT2D eigenvalue weighted by molar-refractivity contribution is 5.70. The van der Waals surface area contributed by atoms with Gasteiger partial charge in [-0.15, -0.1) is 0 Å². The largest absolute Gasteiger partial charge is 0.460 e. The van der Waals surface area contributed by atoms with Crippen molar-refractivity contribution in [3.8, 4) is 0 Å². The van der Waals surface area contributed by atoms with E-state index in [2.05, 4.69) is 30.6 Å². The zero-order chi connectivity index (χ0) is 50.1. The first kappa shape index (κ1) is 55.2. The lowest BCUT2D eigenvalue weighted by Gasteiger charge is -2.19. The van der Waals surface area contributed by atoms with Gasteiger partial charge in [-0.1, -0.05) is 0 Å². The van der Waals surface area contributed by atoms with Crippen LogP contribution in [0.1, 0.15) is 126 Å². The number of aromatic amines is 2. The van der Waals surface area contributed by atoms with Crippen molar-refractivity contribution < 1.29 is 71.7 Å². The van der Waals surface area contributed by atoms with Gasteiger partial charge in [0.05, 0.1) is 18.5 Å². The van der Waals surface area contributed by atoms with E-state index in [9.17, 15) is 62.3 Å². The number of esters is 2. The predicted molar refractivity (Wildman–Crippen MR) is 211 cm³/mol. The fourth-order valence-electron chi connectivity index (χ4n) is 5.46. The molecular formula is C40H54F12N10O4. The summed E-state index contributed by atoms with van der Waals surface area (Å²) >= 11 is 0. The first-order valence-electron chi connectivity index (χ1n) is 20.5. The molecular weight excluding hydrogens is 912 g/mol. The summed E-state index contributed by atoms with van der Waals surface area (Å²) in [5.74, 6) is 0.0171. The van der Waals surface area contributed by atoms with E-state index in [1.54, 1.807) is 41.5 Å². The summed E-state index contributed by atoms with van der Waals surface area (Å²) in [7, 11) is 0. The lowest BCUT2D eigenvalue weighted by atomic mass is 10.2. The first-order chi connectivity index (χ1) is 30.2. The van der Waals surface area contributed by atoms with E-state index >= 15 is 0 Å². The van der Waals surface area contributed by atoms with Crippen molar-refractivity contribution in [2.75, 3.05) is 0 Å². The van der Waals surface area contributed by atoms with Crippen LogP contribution in [0.4, 0.5) is 52.7 Å². The number of H-pyrrole nitrogens is 2. The molecule has 6 N–H and O–H groups in total. The number of aryl methyl sites for hydroxylation is 2. The van der Waals surface area contributed by atoms with Crippen molar-refractivity contribution in [2.24, 2.45) is 23.3 Å². The highest BCUT2D eigenvalue weighted by atomic mass is 19.4. The molecule has 0 saturated heterocycles. The second kappa shape index (κ2) is 22.1. The van der Waals surface area contributed by atoms with Crippen LogP contribution < -0.4 is 11.5 Å². The fraction of sp³-hybridized carbons (Fsp3) is 0.650. The van der Waals surface area contributed by atoms with Gasteiger partial charge in [0.25, 0.3) is 0 Å². The van der Waals surface area contributed by atoms with Gasteiger partial charge in [0, 0.05) is 43.3 Å². The van der Waals surface area contributed by atoms with Crippen LogP contribution in [0.15, 0.2) is 24.3 Å². The molecule has 0 atom stereocenters. The third kappa shape index (κ3) is 20.2. The summed E-state index contributed by atoms with van der Waals surface area (Å²) in [4.78, 5) is 23.1. The number of carbonyl (C=O) groups is 2. The Labute approximate surface area is 371 Å². The van der Waals surface area contributed by atoms with E-state index in [-0.39, 0.29) is 50.2 Å². The van der Waals surface area contributed by atoms with E-state index < -0.39 is 70.6 Å². The highest BCUT2D eigenvalue weighted by Gasteiger charge is 2.38. The van der Waals surface area contributed by atoms with E-state index in [0.717, 1.165) is 49.9 Å². The summed E-state index contributed by atoms with van der Waals surface area (Å²) in [5, 5.41) is 17.8. The molecule has 26 heteroatoms. The van der Waals surface area contributed by atoms with Gasteiger partial charge in [-0.25, -0.2) is 0 Å². The smallest absolute Gasteiger partial charge is 0.435 e. The number of carbonyl (C=O) groups excluding carboxylic acids is 2. The number of rotatable bonds is 12. The Morgan fingerprint density at radius 3 is 1.26 bits per heavy atom. The SMILES string of the molecule is CC(C)(C)OC(=O)CCc1cc(C(F)(F)F)n[nH]1.CC(C)(C)OC(=O)CCc1cc(C(F)(F)F)nn1CC1CC1.NCc1cc(C(F)(F)F)n[nH]1.NCc1cc(C(F)(F)F)nn1CC1CC1. The zero-order valence-corrected chi connectivity index (χ0v) is 37.0. The van der Waals surface area contributed by atoms with Gasteiger partial charge in [0.1, 0.15) is 11.2 Å². The molecule has 4 heterocycles. The van der Waals surface area contributed by atoms with E-state index in [1.165, 1.54) is 9.36 Å². The van der Waals surface area contributed by atoms with Crippen LogP contribution in [-0.2, 0) is 82.8 Å². The number of alkyl halides is 12. The number of nitrogens with zero attached hydrogens (tertiary/aromatic N) is 6. The Bertz CT molecular complexity index is 2150. The van der Waals surface area contributed by atoms with Gasteiger partial charge in [-0.2, -0.15) is 73.1 Å². The number of halogens is 12. The van der Waals surface area contributed by atoms with Crippen LogP contribution in [-0.4, -0.2) is 63.1 Å². The third-order valence-electron chi connectivity index (χ3n) is 8.86. The molecule has 0 amide bonds. The molecule has 2 saturated carbocycles. The number of aromatic nitrogens is 8. The Morgan fingerprint density at radius 1 is 0.561 bits per heavy atom. The van der Waals surface area contributed by atoms with Gasteiger partial charge in [-0.3, -0.25) is 29.2 Å². The minimum atomic E-state index is -4.47. The van der Waals surface area contributed by atoms with E-state index in [0.29, 0.717) is 36.3 Å². The van der Waals surface area contributed by atoms with Gasteiger partial charge in [0.2, 0.25) is 0 Å². The number of nitrogens with one attached hydrogen (secondary N) is 2. The predicted octanol–water partition coefficient (Wildman–Crippen LogP) is 8.95. The van der Waals surface area contributed by atoms with Crippen molar-refractivity contribution in [3.63, 3.8) is 0 Å². The van der Waals surface area contributed by atoms with Crippen LogP contribution in [0.5, 0.6) is 0 Å². The molecule has 4 aromatic rings. The number of nitrogens with two attached hydrogens (primary N) is 2. The van der Waals surface area contributed by atoms with E-state index in [1.807, 2.05) is 0 Å². The number of ether oxygens (including phenoxy) is 2. The van der Waals surface area contributed by atoms with Crippen LogP contribution in [0.2, 0.25) is 0 Å². The van der Waals surface area contributed by atoms with E-state index in [4.69, 9.17) is 20.9 Å². The van der Waals surface area contributed by atoms with Crippen molar-refractivity contribution in [2.45, 2.75) is 155 Å². The van der Waals surface area contributed by atoms with Crippen molar-refractivity contribution in [3.05, 3.63) is 69.8 Å². The second-order valence-electron chi connectivity index (χ2n) is 17.4. The molecule has 2 fully saturated rings. The molecule has 4 aromatic heterocycles. The second-order valence-corrected chi connectivity index (χ2v) is 17.4. The number of hydrogen-bond acceptors (Lipinski definition) is 10. The standard InChI is InChI=1S/C15H21F3N2O2.C11H15F3N2O2.C9H12F3N3.C5H6F3N3/c1-14(2,3)22-13(21)7-6-11-8-12(15(16,17)18)19-20(11)9-10-4-5-10;1-10(2,3)18-9(17)5-4-7-6-8(16-15-7)11(12,13)14;10-9(11,12)8-3-7(4-13)15(14-8)5-6-1-2-6;6-5(7,8)4-1-3(2-9)10-11-4/h8,10H,4-7,9H2,1-3H3;6H,4-5H2,1-3H3,(H,15,16);3,6H,1-2,4-5,13H2;1H,2,9H2,(H,10,11). The Hall–Kier alpha value is -5.14. The van der Waals surface area contributed by atoms with Crippen molar-refractivity contribution >= 4 is 11.9 Å². The molecule has 66 heavy (non-hydrogen) atoms. The zero-order valence-electron chi connectivity index (χ0n) is 37.0. The van der Waals surface area contributed by atoms with Gasteiger partial charge >= 0.3 is 36.6 Å². The Balaban J connectivity index is 0.000000240. The quantitative estimate of drug-likeness (QED) is 0.0786. The van der Waals surface area contributed by atoms with Crippen molar-refractivity contribution in [1.82, 2.24) is 40.0 Å². The summed E-state index contributed by atoms with van der Waals surface area (Å²) in [5.41, 5.74) is 7.02. The summed E-state index contributed by atoms with van der Waals surface area (Å²) in [6.07, 6.45) is -13.1. The van der Waals surface area contributed by atoms with Gasteiger partial charge in [0.15, 0.2) is 22.8 Å². The molecule has 0 aromatic carbocycles. The maximum absolute atomic E-state index is 12.8. The lowest BCUT2D eigenvalue weighted by Crippen LogP contribution is -2.24. The molecule has 6 rings (SSSR count). The fourth-order valence-corrected chi connectivity index (χ4v) is 5.46. The summed E-state index contributed by atoms with van der Waals surface area (Å²) < 4.78 is 161. The average molecular weight is 967 g/mol. The van der Waals surface area contributed by atoms with Crippen LogP contribution >= 0.6 is 0 Å². The molecule has 0 spiro atoms. The molecule has 0 radical (unpaired) electrons. The maximum atomic E-state index is 12.8. The molecule has 0 unspecified atom stereocenters. The average Bonchev–Trinajstić information content (AvgIpc) is 3.86. The topological polar surface area (TPSA) is 198 Å². The number of hydrogen-bond donors (Lipinski definition) is 4. The Morgan fingerprint density at radius 2 is 0.924 bits per heavy atom. The summed E-state index contributed by atoms with van der Waals surface area (Å²) in [6.45, 7) is 11.6. The van der Waals surface area contributed by atoms with Crippen molar-refractivity contribution in [1.29, 1.82) is 0 Å². The lowest BCUT2D eigenvalue weighted by molar-refractivity contribution is -0.155. The summed E-state index contributed by atoms with van der Waals surface area (Å²) in [6, 6.07) is 3.85. The first-order valence-corrected chi connectivity index (χ1v) is 20.5. The van der Waals surface area contributed by atoms with Gasteiger partial charge < -0.3 is 20.9 Å². The molecule has 2 aliphatic carbocycles. The normalized spacial score (nSPS) is 14.6. The highest BCUT2D eigenvalue weighted by Crippen LogP contribution is 2.35. The van der Waals surface area contributed by atoms with Crippen LogP contribution in [0.3, 0.4) is 0 Å². The molecule has 372 valence electrons.